The SMILES string of the molecule is COc1ccc(I)c(CBr)c1OC. The summed E-state index contributed by atoms with van der Waals surface area (Å²) in [7, 11) is 3.29. The van der Waals surface area contributed by atoms with Gasteiger partial charge in [-0.15, -0.1) is 0 Å². The fourth-order valence-corrected chi connectivity index (χ4v) is 2.79. The maximum Gasteiger partial charge on any atom is 0.165 e. The van der Waals surface area contributed by atoms with Crippen LogP contribution in [0.3, 0.4) is 0 Å². The van der Waals surface area contributed by atoms with Crippen LogP contribution in [0.4, 0.5) is 0 Å². The van der Waals surface area contributed by atoms with Gasteiger partial charge in [-0.1, -0.05) is 15.9 Å². The molecule has 0 fully saturated rings. The van der Waals surface area contributed by atoms with Gasteiger partial charge in [0.05, 0.1) is 14.2 Å². The third kappa shape index (κ3) is 2.28. The second-order valence-electron chi connectivity index (χ2n) is 2.40. The molecule has 0 spiro atoms. The van der Waals surface area contributed by atoms with E-state index in [1.54, 1.807) is 14.2 Å². The molecule has 0 amide bonds. The summed E-state index contributed by atoms with van der Waals surface area (Å²) in [6, 6.07) is 3.92. The quantitative estimate of drug-likeness (QED) is 0.611. The highest BCUT2D eigenvalue weighted by Crippen LogP contribution is 2.35. The van der Waals surface area contributed by atoms with Gasteiger partial charge < -0.3 is 9.47 Å². The van der Waals surface area contributed by atoms with Gasteiger partial charge in [-0.3, -0.25) is 0 Å². The minimum atomic E-state index is 0.769. The molecule has 0 saturated heterocycles. The highest BCUT2D eigenvalue weighted by molar-refractivity contribution is 14.1. The number of benzene rings is 1. The minimum absolute atomic E-state index is 0.769. The van der Waals surface area contributed by atoms with Crippen LogP contribution < -0.4 is 9.47 Å². The number of rotatable bonds is 3. The molecule has 0 saturated carbocycles. The Morgan fingerprint density at radius 3 is 2.46 bits per heavy atom. The van der Waals surface area contributed by atoms with Gasteiger partial charge in [-0.25, -0.2) is 0 Å². The zero-order valence-electron chi connectivity index (χ0n) is 7.43. The van der Waals surface area contributed by atoms with Crippen LogP contribution in [0.1, 0.15) is 5.56 Å². The van der Waals surface area contributed by atoms with Crippen LogP contribution >= 0.6 is 38.5 Å². The van der Waals surface area contributed by atoms with E-state index in [9.17, 15) is 0 Å². The highest BCUT2D eigenvalue weighted by atomic mass is 127. The highest BCUT2D eigenvalue weighted by Gasteiger charge is 2.11. The molecule has 0 unspecified atom stereocenters. The Hall–Kier alpha value is 0.0300. The summed E-state index contributed by atoms with van der Waals surface area (Å²) in [6.07, 6.45) is 0. The Morgan fingerprint density at radius 2 is 2.00 bits per heavy atom. The van der Waals surface area contributed by atoms with Crippen molar-refractivity contribution in [1.82, 2.24) is 0 Å². The third-order valence-corrected chi connectivity index (χ3v) is 3.30. The third-order valence-electron chi connectivity index (χ3n) is 1.72. The molecule has 4 heteroatoms. The van der Waals surface area contributed by atoms with Gasteiger partial charge >= 0.3 is 0 Å². The molecule has 72 valence electrons. The van der Waals surface area contributed by atoms with Crippen molar-refractivity contribution in [3.63, 3.8) is 0 Å². The maximum absolute atomic E-state index is 5.28. The van der Waals surface area contributed by atoms with Crippen molar-refractivity contribution >= 4 is 38.5 Å². The zero-order valence-corrected chi connectivity index (χ0v) is 11.2. The lowest BCUT2D eigenvalue weighted by Gasteiger charge is -2.12. The number of hydrogen-bond acceptors (Lipinski definition) is 2. The van der Waals surface area contributed by atoms with E-state index in [0.717, 1.165) is 22.4 Å². The number of hydrogen-bond donors (Lipinski definition) is 0. The van der Waals surface area contributed by atoms with Crippen LogP contribution in [-0.2, 0) is 5.33 Å². The summed E-state index contributed by atoms with van der Waals surface area (Å²) in [4.78, 5) is 0. The van der Waals surface area contributed by atoms with Gasteiger partial charge in [0.2, 0.25) is 0 Å². The summed E-state index contributed by atoms with van der Waals surface area (Å²) in [5, 5.41) is 0.769. The predicted molar refractivity (Wildman–Crippen MR) is 64.9 cm³/mol. The summed E-state index contributed by atoms with van der Waals surface area (Å²) in [6.45, 7) is 0. The smallest absolute Gasteiger partial charge is 0.165 e. The van der Waals surface area contributed by atoms with Crippen molar-refractivity contribution in [3.8, 4) is 11.5 Å². The van der Waals surface area contributed by atoms with Crippen molar-refractivity contribution in [2.24, 2.45) is 0 Å². The molecule has 1 aromatic rings. The predicted octanol–water partition coefficient (Wildman–Crippen LogP) is 3.20. The van der Waals surface area contributed by atoms with Crippen LogP contribution in [0.15, 0.2) is 12.1 Å². The van der Waals surface area contributed by atoms with E-state index < -0.39 is 0 Å². The number of alkyl halides is 1. The van der Waals surface area contributed by atoms with Gasteiger partial charge in [0.1, 0.15) is 0 Å². The number of ether oxygens (including phenoxy) is 2. The van der Waals surface area contributed by atoms with Gasteiger partial charge in [0.15, 0.2) is 11.5 Å². The van der Waals surface area contributed by atoms with Crippen molar-refractivity contribution in [2.45, 2.75) is 5.33 Å². The molecular weight excluding hydrogens is 347 g/mol. The van der Waals surface area contributed by atoms with Gasteiger partial charge in [-0.05, 0) is 34.7 Å². The molecule has 1 aromatic carbocycles. The number of methoxy groups -OCH3 is 2. The fraction of sp³-hybridized carbons (Fsp3) is 0.333. The average molecular weight is 357 g/mol. The van der Waals surface area contributed by atoms with Crippen LogP contribution in [0, 0.1) is 3.57 Å². The van der Waals surface area contributed by atoms with Crippen molar-refractivity contribution in [2.75, 3.05) is 14.2 Å². The first-order chi connectivity index (χ1) is 6.24. The Kier molecular flexibility index (Phi) is 4.31. The second kappa shape index (κ2) is 5.05. The lowest BCUT2D eigenvalue weighted by Crippen LogP contribution is -1.96. The van der Waals surface area contributed by atoms with E-state index >= 15 is 0 Å². The molecule has 0 aliphatic heterocycles. The second-order valence-corrected chi connectivity index (χ2v) is 4.12. The van der Waals surface area contributed by atoms with Crippen molar-refractivity contribution < 1.29 is 9.47 Å². The van der Waals surface area contributed by atoms with E-state index in [1.807, 2.05) is 12.1 Å². The molecule has 0 radical (unpaired) electrons. The van der Waals surface area contributed by atoms with E-state index in [4.69, 9.17) is 9.47 Å². The molecule has 0 N–H and O–H groups in total. The van der Waals surface area contributed by atoms with Crippen molar-refractivity contribution in [1.29, 1.82) is 0 Å². The van der Waals surface area contributed by atoms with Crippen molar-refractivity contribution in [3.05, 3.63) is 21.3 Å². The normalized spacial score (nSPS) is 9.85. The monoisotopic (exact) mass is 356 g/mol. The Balaban J connectivity index is 3.27. The Labute approximate surface area is 99.9 Å². The van der Waals surface area contributed by atoms with Gasteiger partial charge in [-0.2, -0.15) is 0 Å². The molecule has 2 nitrogen and oxygen atoms in total. The Morgan fingerprint density at radius 1 is 1.31 bits per heavy atom. The first kappa shape index (κ1) is 11.1. The molecule has 0 atom stereocenters. The molecule has 0 heterocycles. The van der Waals surface area contributed by atoms with E-state index in [1.165, 1.54) is 3.57 Å². The molecule has 0 aliphatic rings. The van der Waals surface area contributed by atoms with E-state index in [-0.39, 0.29) is 0 Å². The topological polar surface area (TPSA) is 18.5 Å². The summed E-state index contributed by atoms with van der Waals surface area (Å²) in [5.74, 6) is 1.59. The molecule has 1 rings (SSSR count). The average Bonchev–Trinajstić information content (AvgIpc) is 2.17. The number of halogens is 2. The van der Waals surface area contributed by atoms with Crippen LogP contribution in [0.2, 0.25) is 0 Å². The Bertz CT molecular complexity index is 302. The fourth-order valence-electron chi connectivity index (χ4n) is 1.09. The summed E-state index contributed by atoms with van der Waals surface area (Å²) < 4.78 is 11.6. The lowest BCUT2D eigenvalue weighted by atomic mass is 10.2. The molecular formula is C9H10BrIO2. The molecule has 0 aliphatic carbocycles. The first-order valence-electron chi connectivity index (χ1n) is 3.70. The van der Waals surface area contributed by atoms with Crippen LogP contribution in [0.25, 0.3) is 0 Å². The minimum Gasteiger partial charge on any atom is -0.493 e. The maximum atomic E-state index is 5.28. The van der Waals surface area contributed by atoms with E-state index in [0.29, 0.717) is 0 Å². The van der Waals surface area contributed by atoms with E-state index in [2.05, 4.69) is 38.5 Å². The molecule has 0 aromatic heterocycles. The molecule has 13 heavy (non-hydrogen) atoms. The standard InChI is InChI=1S/C9H10BrIO2/c1-12-8-4-3-7(11)6(5-10)9(8)13-2/h3-4H,5H2,1-2H3. The van der Waals surface area contributed by atoms with Crippen LogP contribution in [-0.4, -0.2) is 14.2 Å². The summed E-state index contributed by atoms with van der Waals surface area (Å²) >= 11 is 5.70. The lowest BCUT2D eigenvalue weighted by molar-refractivity contribution is 0.352. The summed E-state index contributed by atoms with van der Waals surface area (Å²) in [5.41, 5.74) is 1.13. The van der Waals surface area contributed by atoms with Gasteiger partial charge in [0, 0.05) is 14.5 Å². The van der Waals surface area contributed by atoms with Gasteiger partial charge in [0.25, 0.3) is 0 Å². The largest absolute Gasteiger partial charge is 0.493 e. The van der Waals surface area contributed by atoms with Crippen LogP contribution in [0.5, 0.6) is 11.5 Å². The zero-order chi connectivity index (χ0) is 9.84. The first-order valence-corrected chi connectivity index (χ1v) is 5.90. The molecule has 0 bridgehead atoms.